The van der Waals surface area contributed by atoms with E-state index in [1.165, 1.54) is 14.2 Å². The number of alkyl carbamates (subject to hydrolysis) is 1. The van der Waals surface area contributed by atoms with Gasteiger partial charge in [-0.1, -0.05) is 0 Å². The van der Waals surface area contributed by atoms with Gasteiger partial charge in [0.2, 0.25) is 5.91 Å². The second-order valence-corrected chi connectivity index (χ2v) is 6.65. The van der Waals surface area contributed by atoms with Gasteiger partial charge in [0.1, 0.15) is 11.6 Å². The third-order valence-electron chi connectivity index (χ3n) is 3.46. The number of methoxy groups -OCH3 is 1. The van der Waals surface area contributed by atoms with Crippen LogP contribution in [0.15, 0.2) is 0 Å². The first-order valence-corrected chi connectivity index (χ1v) is 7.79. The first-order chi connectivity index (χ1) is 11.2. The molecular formula is C15H27N3O6. The number of hydroxylamine groups is 1. The Labute approximate surface area is 141 Å². The maximum atomic E-state index is 12.0. The van der Waals surface area contributed by atoms with Gasteiger partial charge in [-0.15, -0.1) is 0 Å². The molecule has 9 nitrogen and oxygen atoms in total. The quantitative estimate of drug-likeness (QED) is 0.443. The monoisotopic (exact) mass is 345 g/mol. The van der Waals surface area contributed by atoms with Gasteiger partial charge >= 0.3 is 12.1 Å². The summed E-state index contributed by atoms with van der Waals surface area (Å²) >= 11 is 0. The fourth-order valence-electron chi connectivity index (χ4n) is 2.44. The van der Waals surface area contributed by atoms with Crippen LogP contribution in [0.4, 0.5) is 4.79 Å². The van der Waals surface area contributed by atoms with Crippen molar-refractivity contribution in [2.75, 3.05) is 20.8 Å². The Morgan fingerprint density at radius 3 is 2.54 bits per heavy atom. The predicted octanol–water partition coefficient (Wildman–Crippen LogP) is 0.0985. The molecule has 1 heterocycles. The number of hydrogen-bond donors (Lipinski definition) is 3. The third kappa shape index (κ3) is 6.71. The number of hydrogen-bond acceptors (Lipinski definition) is 7. The highest BCUT2D eigenvalue weighted by atomic mass is 16.6. The van der Waals surface area contributed by atoms with E-state index in [9.17, 15) is 14.4 Å². The number of amides is 2. The van der Waals surface area contributed by atoms with Crippen LogP contribution in [0.2, 0.25) is 0 Å². The molecule has 138 valence electrons. The second kappa shape index (κ2) is 8.84. The summed E-state index contributed by atoms with van der Waals surface area (Å²) in [7, 11) is 2.72. The molecule has 1 fully saturated rings. The summed E-state index contributed by atoms with van der Waals surface area (Å²) in [5.41, 5.74) is 1.99. The number of carbonyl (C=O) groups is 3. The van der Waals surface area contributed by atoms with Gasteiger partial charge in [-0.05, 0) is 33.6 Å². The number of rotatable bonds is 7. The van der Waals surface area contributed by atoms with Crippen molar-refractivity contribution < 1.29 is 28.7 Å². The molecular weight excluding hydrogens is 318 g/mol. The van der Waals surface area contributed by atoms with Crippen molar-refractivity contribution in [1.82, 2.24) is 16.1 Å². The molecule has 0 aromatic rings. The van der Waals surface area contributed by atoms with Crippen molar-refractivity contribution in [3.8, 4) is 0 Å². The first-order valence-electron chi connectivity index (χ1n) is 7.79. The Kier molecular flexibility index (Phi) is 7.43. The van der Waals surface area contributed by atoms with Gasteiger partial charge in [-0.25, -0.2) is 15.1 Å². The summed E-state index contributed by atoms with van der Waals surface area (Å²) in [4.78, 5) is 40.6. The van der Waals surface area contributed by atoms with Crippen LogP contribution in [0.5, 0.6) is 0 Å². The highest BCUT2D eigenvalue weighted by molar-refractivity contribution is 5.85. The van der Waals surface area contributed by atoms with Gasteiger partial charge < -0.3 is 24.9 Å². The normalized spacial score (nSPS) is 21.8. The lowest BCUT2D eigenvalue weighted by atomic mass is 9.96. The van der Waals surface area contributed by atoms with Gasteiger partial charge in [-0.2, -0.15) is 0 Å². The molecule has 1 rings (SSSR count). The summed E-state index contributed by atoms with van der Waals surface area (Å²) in [5.74, 6) is -1.20. The summed E-state index contributed by atoms with van der Waals surface area (Å²) in [6.07, 6.45) is -0.0613. The van der Waals surface area contributed by atoms with Gasteiger partial charge in [0.15, 0.2) is 0 Å². The van der Waals surface area contributed by atoms with E-state index >= 15 is 0 Å². The molecule has 24 heavy (non-hydrogen) atoms. The number of esters is 1. The highest BCUT2D eigenvalue weighted by Crippen LogP contribution is 2.21. The molecule has 1 unspecified atom stereocenters. The zero-order valence-corrected chi connectivity index (χ0v) is 14.8. The van der Waals surface area contributed by atoms with Crippen LogP contribution in [-0.2, 0) is 23.9 Å². The SMILES string of the molecule is CONCC1C[C@@H](C[C@H](NC(=O)OC(C)(C)C)C(=O)OC)C(=O)N1. The lowest BCUT2D eigenvalue weighted by Crippen LogP contribution is -2.45. The van der Waals surface area contributed by atoms with Crippen molar-refractivity contribution >= 4 is 18.0 Å². The van der Waals surface area contributed by atoms with Crippen LogP contribution in [-0.4, -0.2) is 56.4 Å². The van der Waals surface area contributed by atoms with Gasteiger partial charge in [0, 0.05) is 18.5 Å². The first kappa shape index (κ1) is 20.2. The molecule has 0 radical (unpaired) electrons. The minimum Gasteiger partial charge on any atom is -0.467 e. The lowest BCUT2D eigenvalue weighted by Gasteiger charge is -2.23. The van der Waals surface area contributed by atoms with E-state index in [1.807, 2.05) is 0 Å². The van der Waals surface area contributed by atoms with E-state index in [1.54, 1.807) is 20.8 Å². The van der Waals surface area contributed by atoms with Crippen molar-refractivity contribution in [2.45, 2.75) is 51.3 Å². The van der Waals surface area contributed by atoms with Gasteiger partial charge in [-0.3, -0.25) is 4.79 Å². The topological polar surface area (TPSA) is 115 Å². The predicted molar refractivity (Wildman–Crippen MR) is 84.8 cm³/mol. The molecule has 3 N–H and O–H groups in total. The summed E-state index contributed by atoms with van der Waals surface area (Å²) in [6.45, 7) is 5.62. The van der Waals surface area contributed by atoms with E-state index in [2.05, 4.69) is 16.1 Å². The second-order valence-electron chi connectivity index (χ2n) is 6.65. The third-order valence-corrected chi connectivity index (χ3v) is 3.46. The molecule has 1 aliphatic heterocycles. The van der Waals surface area contributed by atoms with Crippen molar-refractivity contribution in [3.63, 3.8) is 0 Å². The van der Waals surface area contributed by atoms with E-state index < -0.39 is 29.6 Å². The largest absolute Gasteiger partial charge is 0.467 e. The van der Waals surface area contributed by atoms with Crippen LogP contribution in [0.1, 0.15) is 33.6 Å². The average Bonchev–Trinajstić information content (AvgIpc) is 2.81. The van der Waals surface area contributed by atoms with Crippen LogP contribution >= 0.6 is 0 Å². The van der Waals surface area contributed by atoms with Gasteiger partial charge in [0.05, 0.1) is 14.2 Å². The Morgan fingerprint density at radius 2 is 2.00 bits per heavy atom. The van der Waals surface area contributed by atoms with Crippen molar-refractivity contribution in [2.24, 2.45) is 5.92 Å². The highest BCUT2D eigenvalue weighted by Gasteiger charge is 2.36. The Bertz CT molecular complexity index is 463. The zero-order chi connectivity index (χ0) is 18.3. The molecule has 9 heteroatoms. The average molecular weight is 345 g/mol. The van der Waals surface area contributed by atoms with E-state index in [0.717, 1.165) is 0 Å². The summed E-state index contributed by atoms with van der Waals surface area (Å²) in [5, 5.41) is 5.29. The minimum absolute atomic E-state index is 0.0951. The smallest absolute Gasteiger partial charge is 0.408 e. The molecule has 0 bridgehead atoms. The Hall–Kier alpha value is -1.87. The van der Waals surface area contributed by atoms with Crippen LogP contribution < -0.4 is 16.1 Å². The van der Waals surface area contributed by atoms with Crippen LogP contribution in [0.25, 0.3) is 0 Å². The summed E-state index contributed by atoms with van der Waals surface area (Å²) in [6, 6.07) is -1.04. The summed E-state index contributed by atoms with van der Waals surface area (Å²) < 4.78 is 9.85. The van der Waals surface area contributed by atoms with Crippen molar-refractivity contribution in [1.29, 1.82) is 0 Å². The van der Waals surface area contributed by atoms with E-state index in [4.69, 9.17) is 14.3 Å². The fraction of sp³-hybridized carbons (Fsp3) is 0.800. The zero-order valence-electron chi connectivity index (χ0n) is 14.8. The molecule has 3 atom stereocenters. The lowest BCUT2D eigenvalue weighted by molar-refractivity contribution is -0.143. The molecule has 1 aliphatic rings. The Balaban J connectivity index is 2.64. The molecule has 0 aromatic carbocycles. The molecule has 1 saturated heterocycles. The van der Waals surface area contributed by atoms with Crippen LogP contribution in [0.3, 0.4) is 0 Å². The van der Waals surface area contributed by atoms with Crippen LogP contribution in [0, 0.1) is 5.92 Å². The maximum absolute atomic E-state index is 12.0. The number of carbonyl (C=O) groups excluding carboxylic acids is 3. The Morgan fingerprint density at radius 1 is 1.33 bits per heavy atom. The number of ether oxygens (including phenoxy) is 2. The van der Waals surface area contributed by atoms with Crippen molar-refractivity contribution in [3.05, 3.63) is 0 Å². The fourth-order valence-corrected chi connectivity index (χ4v) is 2.44. The molecule has 0 aromatic heterocycles. The number of nitrogens with one attached hydrogen (secondary N) is 3. The minimum atomic E-state index is -0.949. The maximum Gasteiger partial charge on any atom is 0.408 e. The molecule has 0 aliphatic carbocycles. The molecule has 0 saturated carbocycles. The molecule has 2 amide bonds. The standard InChI is InChI=1S/C15H27N3O6/c1-15(2,3)24-14(21)18-11(13(20)22-4)7-9-6-10(8-16-23-5)17-12(9)19/h9-11,16H,6-8H2,1-5H3,(H,17,19)(H,18,21)/t9-,10?,11-/m0/s1. The van der Waals surface area contributed by atoms with E-state index in [0.29, 0.717) is 13.0 Å². The van der Waals surface area contributed by atoms with E-state index in [-0.39, 0.29) is 18.4 Å². The molecule has 0 spiro atoms. The van der Waals surface area contributed by atoms with Gasteiger partial charge in [0.25, 0.3) is 0 Å².